The summed E-state index contributed by atoms with van der Waals surface area (Å²) in [5.41, 5.74) is 1.59. The number of halogens is 1. The monoisotopic (exact) mass is 493 g/mol. The predicted molar refractivity (Wildman–Crippen MR) is 134 cm³/mol. The number of rotatable bonds is 4. The molecule has 5 rings (SSSR count). The van der Waals surface area contributed by atoms with Crippen molar-refractivity contribution < 1.29 is 9.59 Å². The molecule has 1 atom stereocenters. The molecule has 0 spiro atoms. The van der Waals surface area contributed by atoms with E-state index in [1.54, 1.807) is 41.9 Å². The minimum atomic E-state index is -0.373. The third-order valence-electron chi connectivity index (χ3n) is 5.58. The smallest absolute Gasteiger partial charge is 0.260 e. The Morgan fingerprint density at radius 2 is 1.85 bits per heavy atom. The largest absolute Gasteiger partial charge is 0.278 e. The second-order valence-corrected chi connectivity index (χ2v) is 10.4. The van der Waals surface area contributed by atoms with Gasteiger partial charge in [-0.05, 0) is 48.7 Å². The lowest BCUT2D eigenvalue weighted by molar-refractivity contribution is -0.127. The van der Waals surface area contributed by atoms with Crippen LogP contribution in [0, 0.1) is 0 Å². The van der Waals surface area contributed by atoms with E-state index in [2.05, 4.69) is 28.2 Å². The van der Waals surface area contributed by atoms with Gasteiger partial charge >= 0.3 is 0 Å². The van der Waals surface area contributed by atoms with Crippen LogP contribution in [0.15, 0.2) is 72.0 Å². The molecular weight excluding hydrogens is 474 g/mol. The molecule has 4 aromatic rings. The third kappa shape index (κ3) is 4.67. The second kappa shape index (κ2) is 9.63. The Bertz CT molecular complexity index is 1310. The van der Waals surface area contributed by atoms with Gasteiger partial charge in [0.05, 0.1) is 5.25 Å². The molecule has 1 saturated heterocycles. The van der Waals surface area contributed by atoms with Gasteiger partial charge in [0.15, 0.2) is 0 Å². The molecule has 0 aliphatic carbocycles. The van der Waals surface area contributed by atoms with Crippen molar-refractivity contribution in [3.63, 3.8) is 0 Å². The van der Waals surface area contributed by atoms with E-state index >= 15 is 0 Å². The van der Waals surface area contributed by atoms with Gasteiger partial charge in [-0.2, -0.15) is 0 Å². The first kappa shape index (κ1) is 22.1. The van der Waals surface area contributed by atoms with E-state index in [9.17, 15) is 9.59 Å². The van der Waals surface area contributed by atoms with Gasteiger partial charge in [-0.15, -0.1) is 11.3 Å². The van der Waals surface area contributed by atoms with Gasteiger partial charge in [-0.3, -0.25) is 14.5 Å². The third-order valence-corrected chi connectivity index (χ3v) is 8.20. The van der Waals surface area contributed by atoms with Gasteiger partial charge < -0.3 is 0 Å². The van der Waals surface area contributed by atoms with E-state index in [4.69, 9.17) is 11.6 Å². The maximum atomic E-state index is 13.4. The number of aromatic nitrogens is 2. The molecule has 166 valence electrons. The van der Waals surface area contributed by atoms with Crippen molar-refractivity contribution in [2.24, 2.45) is 0 Å². The van der Waals surface area contributed by atoms with Crippen LogP contribution >= 0.6 is 34.7 Å². The van der Waals surface area contributed by atoms with Crippen LogP contribution in [0.4, 0.5) is 0 Å². The quantitative estimate of drug-likeness (QED) is 0.245. The number of carbonyl (C=O) groups excluding carboxylic acids is 2. The molecule has 33 heavy (non-hydrogen) atoms. The molecule has 5 nitrogen and oxygen atoms in total. The van der Waals surface area contributed by atoms with Crippen molar-refractivity contribution in [2.45, 2.75) is 29.5 Å². The number of amides is 2. The first-order valence-corrected chi connectivity index (χ1v) is 12.8. The average molecular weight is 494 g/mol. The molecule has 0 N–H and O–H groups in total. The average Bonchev–Trinajstić information content (AvgIpc) is 3.21. The predicted octanol–water partition coefficient (Wildman–Crippen LogP) is 6.33. The maximum absolute atomic E-state index is 13.4. The van der Waals surface area contributed by atoms with Crippen molar-refractivity contribution >= 4 is 56.7 Å². The number of nitrogens with zero attached hydrogens (tertiary/aromatic N) is 3. The molecule has 2 amide bonds. The number of fused-ring (bicyclic) bond motifs is 1. The molecule has 0 radical (unpaired) electrons. The van der Waals surface area contributed by atoms with Crippen LogP contribution in [-0.2, 0) is 4.79 Å². The summed E-state index contributed by atoms with van der Waals surface area (Å²) in [5.74, 6) is -0.443. The molecule has 2 aromatic heterocycles. The molecular formula is C25H20ClN3O2S2. The summed E-state index contributed by atoms with van der Waals surface area (Å²) in [6.45, 7) is 0.424. The summed E-state index contributed by atoms with van der Waals surface area (Å²) in [6.07, 6.45) is 3.92. The zero-order valence-electron chi connectivity index (χ0n) is 17.6. The minimum Gasteiger partial charge on any atom is -0.278 e. The summed E-state index contributed by atoms with van der Waals surface area (Å²) in [6, 6.07) is 18.9. The molecule has 0 bridgehead atoms. The number of thioether (sulfide) groups is 1. The number of carbonyl (C=O) groups is 2. The number of imide groups is 1. The fourth-order valence-electron chi connectivity index (χ4n) is 3.87. The van der Waals surface area contributed by atoms with E-state index < -0.39 is 0 Å². The van der Waals surface area contributed by atoms with E-state index in [0.717, 1.165) is 38.5 Å². The lowest BCUT2D eigenvalue weighted by Crippen LogP contribution is -2.41. The van der Waals surface area contributed by atoms with E-state index in [0.29, 0.717) is 23.6 Å². The highest BCUT2D eigenvalue weighted by Crippen LogP contribution is 2.38. The van der Waals surface area contributed by atoms with Crippen LogP contribution in [-0.4, -0.2) is 38.5 Å². The summed E-state index contributed by atoms with van der Waals surface area (Å²) >= 11 is 9.00. The number of hydrogen-bond donors (Lipinski definition) is 0. The van der Waals surface area contributed by atoms with Crippen LogP contribution in [0.3, 0.4) is 0 Å². The molecule has 1 aliphatic heterocycles. The van der Waals surface area contributed by atoms with Crippen LogP contribution in [0.1, 0.15) is 29.6 Å². The Labute approximate surface area is 204 Å². The molecule has 0 saturated carbocycles. The zero-order valence-corrected chi connectivity index (χ0v) is 20.0. The first-order valence-electron chi connectivity index (χ1n) is 10.7. The molecule has 1 fully saturated rings. The van der Waals surface area contributed by atoms with Crippen molar-refractivity contribution in [1.82, 2.24) is 14.9 Å². The van der Waals surface area contributed by atoms with Gasteiger partial charge in [0.1, 0.15) is 16.2 Å². The van der Waals surface area contributed by atoms with Gasteiger partial charge in [0, 0.05) is 27.4 Å². The highest BCUT2D eigenvalue weighted by molar-refractivity contribution is 8.00. The van der Waals surface area contributed by atoms with Gasteiger partial charge in [-0.1, -0.05) is 60.1 Å². The maximum Gasteiger partial charge on any atom is 0.260 e. The van der Waals surface area contributed by atoms with E-state index in [1.165, 1.54) is 16.7 Å². The van der Waals surface area contributed by atoms with Gasteiger partial charge in [-0.25, -0.2) is 9.97 Å². The molecule has 3 heterocycles. The highest BCUT2D eigenvalue weighted by Gasteiger charge is 2.33. The van der Waals surface area contributed by atoms with Gasteiger partial charge in [0.2, 0.25) is 5.91 Å². The Morgan fingerprint density at radius 1 is 1.06 bits per heavy atom. The first-order chi connectivity index (χ1) is 16.1. The van der Waals surface area contributed by atoms with E-state index in [-0.39, 0.29) is 17.1 Å². The van der Waals surface area contributed by atoms with Crippen molar-refractivity contribution in [3.05, 3.63) is 77.6 Å². The fourth-order valence-corrected chi connectivity index (χ4v) is 6.24. The topological polar surface area (TPSA) is 63.2 Å². The molecule has 1 aliphatic rings. The van der Waals surface area contributed by atoms with Crippen molar-refractivity contribution in [3.8, 4) is 10.4 Å². The minimum absolute atomic E-state index is 0.164. The van der Waals surface area contributed by atoms with E-state index in [1.807, 2.05) is 18.2 Å². The summed E-state index contributed by atoms with van der Waals surface area (Å²) in [4.78, 5) is 38.8. The molecule has 2 aromatic carbocycles. The van der Waals surface area contributed by atoms with Crippen LogP contribution < -0.4 is 0 Å². The van der Waals surface area contributed by atoms with Crippen LogP contribution in [0.2, 0.25) is 5.02 Å². The zero-order chi connectivity index (χ0) is 22.8. The molecule has 0 unspecified atom stereocenters. The highest BCUT2D eigenvalue weighted by atomic mass is 35.5. The summed E-state index contributed by atoms with van der Waals surface area (Å²) in [5, 5.41) is 1.90. The Hall–Kier alpha value is -2.74. The fraction of sp³-hybridized carbons (Fsp3) is 0.200. The second-order valence-electron chi connectivity index (χ2n) is 7.78. The lowest BCUT2D eigenvalue weighted by atomic mass is 10.2. The normalized spacial score (nSPS) is 16.7. The van der Waals surface area contributed by atoms with Crippen LogP contribution in [0.5, 0.6) is 0 Å². The number of thiophene rings is 1. The Morgan fingerprint density at radius 3 is 2.64 bits per heavy atom. The molecule has 8 heteroatoms. The SMILES string of the molecule is O=C(c1ccc(Cl)cc1)N1CCCC[C@@H](Sc2ncnc3sc(-c4ccccc4)cc23)C1=O. The number of likely N-dealkylation sites (tertiary alicyclic amines) is 1. The van der Waals surface area contributed by atoms with Gasteiger partial charge in [0.25, 0.3) is 5.91 Å². The summed E-state index contributed by atoms with van der Waals surface area (Å²) in [7, 11) is 0. The standard InChI is InChI=1S/C25H20ClN3O2S2/c26-18-11-9-17(10-12-18)24(30)29-13-5-4-8-20(25(29)31)32-22-19-14-21(16-6-2-1-3-7-16)33-23(19)28-15-27-22/h1-3,6-7,9-12,14-15,20H,4-5,8,13H2/t20-/m1/s1. The van der Waals surface area contributed by atoms with Crippen LogP contribution in [0.25, 0.3) is 20.7 Å². The number of benzene rings is 2. The lowest BCUT2D eigenvalue weighted by Gasteiger charge is -2.22. The number of hydrogen-bond acceptors (Lipinski definition) is 6. The Balaban J connectivity index is 1.42. The Kier molecular flexibility index (Phi) is 6.44. The summed E-state index contributed by atoms with van der Waals surface area (Å²) < 4.78 is 0. The van der Waals surface area contributed by atoms with Crippen molar-refractivity contribution in [1.29, 1.82) is 0 Å². The van der Waals surface area contributed by atoms with Crippen molar-refractivity contribution in [2.75, 3.05) is 6.54 Å².